The zero-order chi connectivity index (χ0) is 15.1. The molecule has 1 atom stereocenters. The molecule has 0 fully saturated rings. The zero-order valence-electron chi connectivity index (χ0n) is 12.4. The Hall–Kier alpha value is -2.14. The SMILES string of the molecule is CCOC(=O)c1ccnn1C(C)COCc1ccccc1. The largest absolute Gasteiger partial charge is 0.461 e. The highest BCUT2D eigenvalue weighted by molar-refractivity contribution is 5.87. The molecule has 0 N–H and O–H groups in total. The molecule has 5 heteroatoms. The van der Waals surface area contributed by atoms with Gasteiger partial charge < -0.3 is 9.47 Å². The molecule has 0 radical (unpaired) electrons. The van der Waals surface area contributed by atoms with E-state index in [2.05, 4.69) is 5.10 Å². The first kappa shape index (κ1) is 15.3. The van der Waals surface area contributed by atoms with Gasteiger partial charge in [-0.3, -0.25) is 4.68 Å². The Bertz CT molecular complexity index is 566. The summed E-state index contributed by atoms with van der Waals surface area (Å²) < 4.78 is 12.3. The highest BCUT2D eigenvalue weighted by atomic mass is 16.5. The predicted molar refractivity (Wildman–Crippen MR) is 79.0 cm³/mol. The lowest BCUT2D eigenvalue weighted by atomic mass is 10.2. The van der Waals surface area contributed by atoms with Gasteiger partial charge in [-0.05, 0) is 25.5 Å². The van der Waals surface area contributed by atoms with E-state index in [9.17, 15) is 4.79 Å². The first-order valence-electron chi connectivity index (χ1n) is 7.04. The van der Waals surface area contributed by atoms with Gasteiger partial charge in [0.05, 0.1) is 25.9 Å². The van der Waals surface area contributed by atoms with Crippen molar-refractivity contribution in [2.24, 2.45) is 0 Å². The van der Waals surface area contributed by atoms with Gasteiger partial charge in [0.15, 0.2) is 0 Å². The van der Waals surface area contributed by atoms with E-state index in [-0.39, 0.29) is 12.0 Å². The summed E-state index contributed by atoms with van der Waals surface area (Å²) >= 11 is 0. The Labute approximate surface area is 124 Å². The average Bonchev–Trinajstić information content (AvgIpc) is 2.98. The number of nitrogens with zero attached hydrogens (tertiary/aromatic N) is 2. The summed E-state index contributed by atoms with van der Waals surface area (Å²) in [5, 5.41) is 4.18. The number of hydrogen-bond acceptors (Lipinski definition) is 4. The van der Waals surface area contributed by atoms with Gasteiger partial charge >= 0.3 is 5.97 Å². The van der Waals surface area contributed by atoms with E-state index in [0.29, 0.717) is 25.5 Å². The van der Waals surface area contributed by atoms with Gasteiger partial charge in [-0.25, -0.2) is 4.79 Å². The molecule has 112 valence electrons. The molecule has 0 aliphatic heterocycles. The number of benzene rings is 1. The fourth-order valence-corrected chi connectivity index (χ4v) is 2.02. The lowest BCUT2D eigenvalue weighted by molar-refractivity contribution is 0.0495. The van der Waals surface area contributed by atoms with E-state index < -0.39 is 0 Å². The molecule has 0 saturated heterocycles. The van der Waals surface area contributed by atoms with Crippen LogP contribution in [0.15, 0.2) is 42.6 Å². The average molecular weight is 288 g/mol. The standard InChI is InChI=1S/C16H20N2O3/c1-3-21-16(19)15-9-10-17-18(15)13(2)11-20-12-14-7-5-4-6-8-14/h4-10,13H,3,11-12H2,1-2H3. The van der Waals surface area contributed by atoms with Gasteiger partial charge in [-0.1, -0.05) is 30.3 Å². The monoisotopic (exact) mass is 288 g/mol. The molecule has 0 spiro atoms. The first-order chi connectivity index (χ1) is 10.2. The highest BCUT2D eigenvalue weighted by Crippen LogP contribution is 2.12. The summed E-state index contributed by atoms with van der Waals surface area (Å²) in [7, 11) is 0. The lowest BCUT2D eigenvalue weighted by Gasteiger charge is -2.15. The molecule has 1 unspecified atom stereocenters. The van der Waals surface area contributed by atoms with E-state index in [0.717, 1.165) is 5.56 Å². The molecule has 5 nitrogen and oxygen atoms in total. The number of ether oxygens (including phenoxy) is 2. The van der Waals surface area contributed by atoms with E-state index in [1.807, 2.05) is 37.3 Å². The first-order valence-corrected chi connectivity index (χ1v) is 7.04. The van der Waals surface area contributed by atoms with Crippen LogP contribution in [-0.2, 0) is 16.1 Å². The van der Waals surface area contributed by atoms with Crippen molar-refractivity contribution in [2.75, 3.05) is 13.2 Å². The quantitative estimate of drug-likeness (QED) is 0.735. The van der Waals surface area contributed by atoms with E-state index in [4.69, 9.17) is 9.47 Å². The van der Waals surface area contributed by atoms with Crippen molar-refractivity contribution in [3.8, 4) is 0 Å². The topological polar surface area (TPSA) is 53.3 Å². The maximum Gasteiger partial charge on any atom is 0.356 e. The van der Waals surface area contributed by atoms with E-state index in [1.165, 1.54) is 0 Å². The highest BCUT2D eigenvalue weighted by Gasteiger charge is 2.17. The van der Waals surface area contributed by atoms with Crippen molar-refractivity contribution in [1.82, 2.24) is 9.78 Å². The third kappa shape index (κ3) is 4.16. The van der Waals surface area contributed by atoms with Gasteiger partial charge in [0.1, 0.15) is 5.69 Å². The van der Waals surface area contributed by atoms with Gasteiger partial charge in [-0.2, -0.15) is 5.10 Å². The number of hydrogen-bond donors (Lipinski definition) is 0. The molecule has 1 aromatic carbocycles. The summed E-state index contributed by atoms with van der Waals surface area (Å²) in [6.07, 6.45) is 1.60. The summed E-state index contributed by atoms with van der Waals surface area (Å²) in [5.74, 6) is -0.357. The number of carbonyl (C=O) groups excluding carboxylic acids is 1. The Balaban J connectivity index is 1.90. The van der Waals surface area contributed by atoms with Crippen molar-refractivity contribution in [3.05, 3.63) is 53.9 Å². The molecule has 0 aliphatic rings. The lowest BCUT2D eigenvalue weighted by Crippen LogP contribution is -2.20. The number of esters is 1. The van der Waals surface area contributed by atoms with Crippen molar-refractivity contribution >= 4 is 5.97 Å². The van der Waals surface area contributed by atoms with Gasteiger partial charge in [-0.15, -0.1) is 0 Å². The fraction of sp³-hybridized carbons (Fsp3) is 0.375. The second-order valence-corrected chi connectivity index (χ2v) is 4.73. The molecule has 21 heavy (non-hydrogen) atoms. The van der Waals surface area contributed by atoms with Crippen LogP contribution in [0.1, 0.15) is 35.9 Å². The maximum absolute atomic E-state index is 11.8. The van der Waals surface area contributed by atoms with Crippen LogP contribution in [0, 0.1) is 0 Å². The minimum Gasteiger partial charge on any atom is -0.461 e. The zero-order valence-corrected chi connectivity index (χ0v) is 12.4. The molecule has 0 saturated carbocycles. The van der Waals surface area contributed by atoms with E-state index in [1.54, 1.807) is 23.9 Å². The normalized spacial score (nSPS) is 12.1. The Morgan fingerprint density at radius 2 is 2.05 bits per heavy atom. The van der Waals surface area contributed by atoms with Crippen LogP contribution in [-0.4, -0.2) is 29.0 Å². The minimum atomic E-state index is -0.357. The van der Waals surface area contributed by atoms with Crippen LogP contribution in [0.2, 0.25) is 0 Å². The molecule has 2 rings (SSSR count). The molecular formula is C16H20N2O3. The second kappa shape index (κ2) is 7.59. The summed E-state index contributed by atoms with van der Waals surface area (Å²) in [4.78, 5) is 11.8. The van der Waals surface area contributed by atoms with Crippen molar-refractivity contribution < 1.29 is 14.3 Å². The van der Waals surface area contributed by atoms with Crippen LogP contribution in [0.3, 0.4) is 0 Å². The molecule has 2 aromatic rings. The smallest absolute Gasteiger partial charge is 0.356 e. The van der Waals surface area contributed by atoms with Crippen LogP contribution in [0.5, 0.6) is 0 Å². The minimum absolute atomic E-state index is 0.0388. The summed E-state index contributed by atoms with van der Waals surface area (Å²) in [6.45, 7) is 5.11. The van der Waals surface area contributed by atoms with Gasteiger partial charge in [0, 0.05) is 6.20 Å². The van der Waals surface area contributed by atoms with Crippen LogP contribution < -0.4 is 0 Å². The second-order valence-electron chi connectivity index (χ2n) is 4.73. The molecular weight excluding hydrogens is 268 g/mol. The summed E-state index contributed by atoms with van der Waals surface area (Å²) in [5.41, 5.74) is 1.57. The molecule has 0 bridgehead atoms. The number of rotatable bonds is 7. The molecule has 1 heterocycles. The van der Waals surface area contributed by atoms with E-state index >= 15 is 0 Å². The van der Waals surface area contributed by atoms with Crippen molar-refractivity contribution in [3.63, 3.8) is 0 Å². The van der Waals surface area contributed by atoms with Crippen LogP contribution in [0.25, 0.3) is 0 Å². The number of aromatic nitrogens is 2. The Morgan fingerprint density at radius 1 is 1.29 bits per heavy atom. The van der Waals surface area contributed by atoms with Crippen LogP contribution >= 0.6 is 0 Å². The predicted octanol–water partition coefficient (Wildman–Crippen LogP) is 2.84. The van der Waals surface area contributed by atoms with Crippen molar-refractivity contribution in [2.45, 2.75) is 26.5 Å². The third-order valence-electron chi connectivity index (χ3n) is 3.04. The van der Waals surface area contributed by atoms with Gasteiger partial charge in [0.2, 0.25) is 0 Å². The fourth-order valence-electron chi connectivity index (χ4n) is 2.02. The third-order valence-corrected chi connectivity index (χ3v) is 3.04. The Morgan fingerprint density at radius 3 is 2.76 bits per heavy atom. The number of carbonyl (C=O) groups is 1. The van der Waals surface area contributed by atoms with Crippen molar-refractivity contribution in [1.29, 1.82) is 0 Å². The van der Waals surface area contributed by atoms with Gasteiger partial charge in [0.25, 0.3) is 0 Å². The molecule has 1 aromatic heterocycles. The Kier molecular flexibility index (Phi) is 5.51. The van der Waals surface area contributed by atoms with Crippen LogP contribution in [0.4, 0.5) is 0 Å². The molecule has 0 amide bonds. The maximum atomic E-state index is 11.8. The summed E-state index contributed by atoms with van der Waals surface area (Å²) in [6, 6.07) is 11.6. The molecule has 0 aliphatic carbocycles.